The van der Waals surface area contributed by atoms with Crippen LogP contribution in [0.15, 0.2) is 0 Å². The van der Waals surface area contributed by atoms with E-state index in [9.17, 15) is 0 Å². The molecule has 4 unspecified atom stereocenters. The Bertz CT molecular complexity index is 235. The molecular formula is C16H33NOS. The second-order valence-electron chi connectivity index (χ2n) is 6.38. The molecule has 0 aromatic heterocycles. The molecule has 1 rings (SSSR count). The van der Waals surface area contributed by atoms with Gasteiger partial charge in [0.1, 0.15) is 0 Å². The summed E-state index contributed by atoms with van der Waals surface area (Å²) < 4.78 is 0. The molecule has 114 valence electrons. The summed E-state index contributed by atoms with van der Waals surface area (Å²) in [7, 11) is 0. The maximum absolute atomic E-state index is 9.08. The van der Waals surface area contributed by atoms with Crippen LogP contribution in [0.5, 0.6) is 0 Å². The predicted molar refractivity (Wildman–Crippen MR) is 86.8 cm³/mol. The van der Waals surface area contributed by atoms with Crippen LogP contribution in [0.3, 0.4) is 0 Å². The maximum Gasteiger partial charge on any atom is 0.0441 e. The summed E-state index contributed by atoms with van der Waals surface area (Å²) in [6.07, 6.45) is 6.19. The standard InChI is InChI=1S/C16H33NOS/c1-5-9-17-15-7-6-14(12(2)3)11-16(15)19-13(4)8-10-18/h12-18H,5-11H2,1-4H3. The summed E-state index contributed by atoms with van der Waals surface area (Å²) in [4.78, 5) is 0. The monoisotopic (exact) mass is 287 g/mol. The second kappa shape index (κ2) is 9.25. The second-order valence-corrected chi connectivity index (χ2v) is 8.06. The fourth-order valence-corrected chi connectivity index (χ4v) is 4.65. The number of nitrogens with one attached hydrogen (secondary N) is 1. The third-order valence-electron chi connectivity index (χ3n) is 4.37. The van der Waals surface area contributed by atoms with Gasteiger partial charge in [-0.05, 0) is 50.5 Å². The van der Waals surface area contributed by atoms with E-state index in [1.54, 1.807) is 0 Å². The van der Waals surface area contributed by atoms with Gasteiger partial charge in [-0.3, -0.25) is 0 Å². The van der Waals surface area contributed by atoms with E-state index in [4.69, 9.17) is 5.11 Å². The van der Waals surface area contributed by atoms with Gasteiger partial charge in [-0.25, -0.2) is 0 Å². The first-order valence-corrected chi connectivity index (χ1v) is 9.02. The van der Waals surface area contributed by atoms with Gasteiger partial charge < -0.3 is 10.4 Å². The normalized spacial score (nSPS) is 29.7. The van der Waals surface area contributed by atoms with E-state index in [0.29, 0.717) is 17.9 Å². The highest BCUT2D eigenvalue weighted by atomic mass is 32.2. The Kier molecular flexibility index (Phi) is 8.43. The fourth-order valence-electron chi connectivity index (χ4n) is 3.03. The first-order valence-electron chi connectivity index (χ1n) is 8.08. The van der Waals surface area contributed by atoms with Crippen molar-refractivity contribution in [3.63, 3.8) is 0 Å². The van der Waals surface area contributed by atoms with E-state index < -0.39 is 0 Å². The molecule has 1 aliphatic carbocycles. The molecule has 0 aliphatic heterocycles. The highest BCUT2D eigenvalue weighted by Crippen LogP contribution is 2.38. The Morgan fingerprint density at radius 2 is 2.00 bits per heavy atom. The van der Waals surface area contributed by atoms with Crippen LogP contribution in [0.2, 0.25) is 0 Å². The van der Waals surface area contributed by atoms with Crippen LogP contribution in [0.25, 0.3) is 0 Å². The van der Waals surface area contributed by atoms with Crippen molar-refractivity contribution in [3.8, 4) is 0 Å². The lowest BCUT2D eigenvalue weighted by atomic mass is 9.79. The molecule has 0 amide bonds. The topological polar surface area (TPSA) is 32.3 Å². The first kappa shape index (κ1) is 17.3. The Hall–Kier alpha value is 0.270. The molecule has 1 fully saturated rings. The SMILES string of the molecule is CCCNC1CCC(C(C)C)CC1SC(C)CCO. The summed E-state index contributed by atoms with van der Waals surface area (Å²) in [6, 6.07) is 0.682. The maximum atomic E-state index is 9.08. The van der Waals surface area contributed by atoms with Crippen molar-refractivity contribution >= 4 is 11.8 Å². The number of rotatable bonds is 8. The molecule has 0 saturated heterocycles. The summed E-state index contributed by atoms with van der Waals surface area (Å²) in [6.45, 7) is 10.7. The molecule has 4 atom stereocenters. The Balaban J connectivity index is 2.54. The Labute approximate surface area is 124 Å². The lowest BCUT2D eigenvalue weighted by molar-refractivity contribution is 0.245. The van der Waals surface area contributed by atoms with Gasteiger partial charge in [0, 0.05) is 23.1 Å². The van der Waals surface area contributed by atoms with Crippen LogP contribution >= 0.6 is 11.8 Å². The number of aliphatic hydroxyl groups excluding tert-OH is 1. The van der Waals surface area contributed by atoms with E-state index in [2.05, 4.69) is 44.8 Å². The first-order chi connectivity index (χ1) is 9.08. The van der Waals surface area contributed by atoms with Crippen molar-refractivity contribution in [1.29, 1.82) is 0 Å². The Morgan fingerprint density at radius 3 is 2.58 bits per heavy atom. The van der Waals surface area contributed by atoms with Crippen LogP contribution in [0, 0.1) is 11.8 Å². The van der Waals surface area contributed by atoms with E-state index >= 15 is 0 Å². The van der Waals surface area contributed by atoms with Gasteiger partial charge in [0.25, 0.3) is 0 Å². The molecule has 0 spiro atoms. The molecule has 0 bridgehead atoms. The van der Waals surface area contributed by atoms with Gasteiger partial charge in [-0.1, -0.05) is 27.7 Å². The quantitative estimate of drug-likeness (QED) is 0.714. The smallest absolute Gasteiger partial charge is 0.0441 e. The minimum Gasteiger partial charge on any atom is -0.396 e. The molecule has 1 saturated carbocycles. The largest absolute Gasteiger partial charge is 0.396 e. The third-order valence-corrected chi connectivity index (χ3v) is 5.95. The highest BCUT2D eigenvalue weighted by Gasteiger charge is 2.32. The molecule has 0 radical (unpaired) electrons. The number of hydrogen-bond acceptors (Lipinski definition) is 3. The van der Waals surface area contributed by atoms with Crippen molar-refractivity contribution < 1.29 is 5.11 Å². The van der Waals surface area contributed by atoms with Gasteiger partial charge in [0.2, 0.25) is 0 Å². The predicted octanol–water partition coefficient (Wildman–Crippen LogP) is 3.68. The summed E-state index contributed by atoms with van der Waals surface area (Å²) >= 11 is 2.10. The van der Waals surface area contributed by atoms with E-state index in [1.807, 2.05) is 0 Å². The van der Waals surface area contributed by atoms with E-state index in [-0.39, 0.29) is 0 Å². The van der Waals surface area contributed by atoms with Crippen LogP contribution in [0.4, 0.5) is 0 Å². The number of thioether (sulfide) groups is 1. The van der Waals surface area contributed by atoms with Crippen molar-refractivity contribution in [3.05, 3.63) is 0 Å². The molecule has 3 heteroatoms. The molecule has 19 heavy (non-hydrogen) atoms. The average molecular weight is 288 g/mol. The van der Waals surface area contributed by atoms with Crippen molar-refractivity contribution in [1.82, 2.24) is 5.32 Å². The van der Waals surface area contributed by atoms with E-state index in [1.165, 1.54) is 25.7 Å². The van der Waals surface area contributed by atoms with Crippen LogP contribution in [-0.2, 0) is 0 Å². The molecule has 0 heterocycles. The molecule has 1 aliphatic rings. The van der Waals surface area contributed by atoms with Gasteiger partial charge >= 0.3 is 0 Å². The molecule has 0 aromatic rings. The van der Waals surface area contributed by atoms with Crippen LogP contribution < -0.4 is 5.32 Å². The number of aliphatic hydroxyl groups is 1. The van der Waals surface area contributed by atoms with Crippen molar-refractivity contribution in [2.75, 3.05) is 13.2 Å². The highest BCUT2D eigenvalue weighted by molar-refractivity contribution is 8.00. The molecular weight excluding hydrogens is 254 g/mol. The molecule has 0 aromatic carbocycles. The molecule has 2 N–H and O–H groups in total. The number of hydrogen-bond donors (Lipinski definition) is 2. The van der Waals surface area contributed by atoms with Gasteiger partial charge in [0.15, 0.2) is 0 Å². The zero-order valence-electron chi connectivity index (χ0n) is 13.2. The van der Waals surface area contributed by atoms with Crippen molar-refractivity contribution in [2.45, 2.75) is 76.3 Å². The zero-order chi connectivity index (χ0) is 14.3. The van der Waals surface area contributed by atoms with Gasteiger partial charge in [-0.2, -0.15) is 11.8 Å². The lowest BCUT2D eigenvalue weighted by Gasteiger charge is -2.39. The van der Waals surface area contributed by atoms with E-state index in [0.717, 1.165) is 30.1 Å². The Morgan fingerprint density at radius 1 is 1.26 bits per heavy atom. The average Bonchev–Trinajstić information content (AvgIpc) is 2.37. The lowest BCUT2D eigenvalue weighted by Crippen LogP contribution is -2.44. The van der Waals surface area contributed by atoms with Crippen LogP contribution in [0.1, 0.15) is 59.8 Å². The van der Waals surface area contributed by atoms with Crippen molar-refractivity contribution in [2.24, 2.45) is 11.8 Å². The minimum absolute atomic E-state index is 0.321. The van der Waals surface area contributed by atoms with Crippen LogP contribution in [-0.4, -0.2) is 34.8 Å². The van der Waals surface area contributed by atoms with Gasteiger partial charge in [-0.15, -0.1) is 0 Å². The fraction of sp³-hybridized carbons (Fsp3) is 1.00. The molecule has 2 nitrogen and oxygen atoms in total. The third kappa shape index (κ3) is 6.05. The van der Waals surface area contributed by atoms with Gasteiger partial charge in [0.05, 0.1) is 0 Å². The zero-order valence-corrected chi connectivity index (χ0v) is 14.0. The minimum atomic E-state index is 0.321. The summed E-state index contributed by atoms with van der Waals surface area (Å²) in [5.74, 6) is 1.70. The summed E-state index contributed by atoms with van der Waals surface area (Å²) in [5, 5.41) is 14.1. The summed E-state index contributed by atoms with van der Waals surface area (Å²) in [5.41, 5.74) is 0.